The molecule has 0 fully saturated rings. The maximum absolute atomic E-state index is 5.93. The van der Waals surface area contributed by atoms with E-state index in [0.717, 1.165) is 30.0 Å². The highest BCUT2D eigenvalue weighted by Crippen LogP contribution is 2.31. The fourth-order valence-corrected chi connectivity index (χ4v) is 2.63. The van der Waals surface area contributed by atoms with Gasteiger partial charge in [-0.15, -0.1) is 0 Å². The minimum absolute atomic E-state index is 0.00190. The van der Waals surface area contributed by atoms with Crippen LogP contribution in [0.4, 0.5) is 0 Å². The van der Waals surface area contributed by atoms with Crippen molar-refractivity contribution in [2.45, 2.75) is 33.2 Å². The first-order valence-electron chi connectivity index (χ1n) is 7.20. The van der Waals surface area contributed by atoms with Crippen LogP contribution in [0.1, 0.15) is 41.8 Å². The molecule has 0 amide bonds. The molecule has 2 aromatic rings. The first kappa shape index (κ1) is 15.9. The largest absolute Gasteiger partial charge is 0.496 e. The Balaban J connectivity index is 2.43. The summed E-state index contributed by atoms with van der Waals surface area (Å²) in [7, 11) is 1.70. The molecule has 0 saturated heterocycles. The quantitative estimate of drug-likeness (QED) is 0.843. The molecule has 0 aliphatic heterocycles. The van der Waals surface area contributed by atoms with Crippen LogP contribution in [0.5, 0.6) is 5.75 Å². The van der Waals surface area contributed by atoms with Gasteiger partial charge in [0.2, 0.25) is 0 Å². The van der Waals surface area contributed by atoms with E-state index in [1.807, 2.05) is 13.0 Å². The average molecular weight is 308 g/mol. The number of methoxy groups -OCH3 is 1. The molecule has 1 aromatic heterocycles. The van der Waals surface area contributed by atoms with Gasteiger partial charge in [-0.3, -0.25) is 0 Å². The summed E-state index contributed by atoms with van der Waals surface area (Å²) >= 11 is 5.93. The molecule has 0 aliphatic rings. The Hall–Kier alpha value is -1.45. The number of ether oxygens (including phenoxy) is 1. The number of nitrogens with one attached hydrogen (secondary N) is 1. The summed E-state index contributed by atoms with van der Waals surface area (Å²) in [5.74, 6) is 1.74. The van der Waals surface area contributed by atoms with Crippen LogP contribution in [0.2, 0.25) is 5.22 Å². The number of benzene rings is 1. The lowest BCUT2D eigenvalue weighted by molar-refractivity contribution is 0.410. The number of halogens is 1. The lowest BCUT2D eigenvalue weighted by atomic mass is 9.96. The average Bonchev–Trinajstić information content (AvgIpc) is 2.89. The molecule has 0 spiro atoms. The Kier molecular flexibility index (Phi) is 5.32. The molecular weight excluding hydrogens is 286 g/mol. The topological polar surface area (TPSA) is 34.4 Å². The van der Waals surface area contributed by atoms with Crippen molar-refractivity contribution in [3.63, 3.8) is 0 Å². The zero-order chi connectivity index (χ0) is 15.4. The van der Waals surface area contributed by atoms with Crippen LogP contribution in [-0.4, -0.2) is 13.7 Å². The van der Waals surface area contributed by atoms with Crippen molar-refractivity contribution in [3.8, 4) is 5.75 Å². The van der Waals surface area contributed by atoms with E-state index in [2.05, 4.69) is 31.3 Å². The highest BCUT2D eigenvalue weighted by molar-refractivity contribution is 6.28. The standard InChI is InChI=1S/C17H22ClNO2/c1-5-8-19-17(14-6-7-16(18)21-14)13-9-12(3)15(20-4)10-11(13)2/h6-7,9-10,17,19H,5,8H2,1-4H3. The third-order valence-electron chi connectivity index (χ3n) is 3.57. The number of rotatable bonds is 6. The predicted octanol–water partition coefficient (Wildman–Crippen LogP) is 4.65. The van der Waals surface area contributed by atoms with Gasteiger partial charge in [-0.25, -0.2) is 0 Å². The van der Waals surface area contributed by atoms with Gasteiger partial charge in [0.15, 0.2) is 5.22 Å². The predicted molar refractivity (Wildman–Crippen MR) is 86.3 cm³/mol. The molecule has 1 unspecified atom stereocenters. The molecule has 21 heavy (non-hydrogen) atoms. The summed E-state index contributed by atoms with van der Waals surface area (Å²) in [5.41, 5.74) is 3.46. The molecule has 4 heteroatoms. The molecule has 2 rings (SSSR count). The molecule has 1 heterocycles. The number of hydrogen-bond donors (Lipinski definition) is 1. The summed E-state index contributed by atoms with van der Waals surface area (Å²) in [6.45, 7) is 7.19. The molecule has 3 nitrogen and oxygen atoms in total. The van der Waals surface area contributed by atoms with E-state index in [-0.39, 0.29) is 6.04 Å². The highest BCUT2D eigenvalue weighted by atomic mass is 35.5. The zero-order valence-electron chi connectivity index (χ0n) is 13.0. The number of hydrogen-bond acceptors (Lipinski definition) is 3. The maximum Gasteiger partial charge on any atom is 0.193 e. The van der Waals surface area contributed by atoms with E-state index < -0.39 is 0 Å². The van der Waals surface area contributed by atoms with Crippen molar-refractivity contribution in [1.82, 2.24) is 5.32 Å². The lowest BCUT2D eigenvalue weighted by Crippen LogP contribution is -2.23. The molecule has 0 aliphatic carbocycles. The second-order valence-electron chi connectivity index (χ2n) is 5.21. The van der Waals surface area contributed by atoms with Crippen molar-refractivity contribution >= 4 is 11.6 Å². The molecule has 1 N–H and O–H groups in total. The van der Waals surface area contributed by atoms with E-state index in [0.29, 0.717) is 5.22 Å². The van der Waals surface area contributed by atoms with Crippen LogP contribution in [0, 0.1) is 13.8 Å². The minimum atomic E-state index is 0.00190. The van der Waals surface area contributed by atoms with E-state index in [1.165, 1.54) is 11.1 Å². The van der Waals surface area contributed by atoms with Gasteiger partial charge < -0.3 is 14.5 Å². The van der Waals surface area contributed by atoms with Crippen molar-refractivity contribution in [1.29, 1.82) is 0 Å². The van der Waals surface area contributed by atoms with Gasteiger partial charge in [0.05, 0.1) is 13.2 Å². The summed E-state index contributed by atoms with van der Waals surface area (Å²) in [4.78, 5) is 0. The molecule has 0 bridgehead atoms. The van der Waals surface area contributed by atoms with Gasteiger partial charge in [0.1, 0.15) is 11.5 Å². The SMILES string of the molecule is CCCNC(c1ccc(Cl)o1)c1cc(C)c(OC)cc1C. The van der Waals surface area contributed by atoms with Crippen LogP contribution in [0.25, 0.3) is 0 Å². The van der Waals surface area contributed by atoms with E-state index in [1.54, 1.807) is 13.2 Å². The Morgan fingerprint density at radius 2 is 2.00 bits per heavy atom. The van der Waals surface area contributed by atoms with E-state index >= 15 is 0 Å². The number of furan rings is 1. The van der Waals surface area contributed by atoms with Gasteiger partial charge >= 0.3 is 0 Å². The minimum Gasteiger partial charge on any atom is -0.496 e. The number of aryl methyl sites for hydroxylation is 2. The van der Waals surface area contributed by atoms with Crippen LogP contribution >= 0.6 is 11.6 Å². The van der Waals surface area contributed by atoms with E-state index in [4.69, 9.17) is 20.8 Å². The van der Waals surface area contributed by atoms with Crippen molar-refractivity contribution in [2.24, 2.45) is 0 Å². The monoisotopic (exact) mass is 307 g/mol. The maximum atomic E-state index is 5.93. The summed E-state index contributed by atoms with van der Waals surface area (Å²) in [5, 5.41) is 3.94. The second-order valence-corrected chi connectivity index (χ2v) is 5.58. The Morgan fingerprint density at radius 1 is 1.24 bits per heavy atom. The zero-order valence-corrected chi connectivity index (χ0v) is 13.8. The van der Waals surface area contributed by atoms with Gasteiger partial charge in [-0.2, -0.15) is 0 Å². The Bertz CT molecular complexity index is 607. The van der Waals surface area contributed by atoms with Gasteiger partial charge in [0, 0.05) is 0 Å². The Morgan fingerprint density at radius 3 is 2.57 bits per heavy atom. The van der Waals surface area contributed by atoms with Crippen LogP contribution in [0.15, 0.2) is 28.7 Å². The fraction of sp³-hybridized carbons (Fsp3) is 0.412. The molecule has 1 atom stereocenters. The van der Waals surface area contributed by atoms with Crippen molar-refractivity contribution in [3.05, 3.63) is 51.9 Å². The highest BCUT2D eigenvalue weighted by Gasteiger charge is 2.20. The third-order valence-corrected chi connectivity index (χ3v) is 3.77. The lowest BCUT2D eigenvalue weighted by Gasteiger charge is -2.20. The summed E-state index contributed by atoms with van der Waals surface area (Å²) in [6, 6.07) is 7.92. The molecule has 1 aromatic carbocycles. The second kappa shape index (κ2) is 7.01. The first-order valence-corrected chi connectivity index (χ1v) is 7.58. The van der Waals surface area contributed by atoms with Gasteiger partial charge in [0.25, 0.3) is 0 Å². The van der Waals surface area contributed by atoms with Gasteiger partial charge in [-0.1, -0.05) is 13.0 Å². The smallest absolute Gasteiger partial charge is 0.193 e. The van der Waals surface area contributed by atoms with Crippen molar-refractivity contribution < 1.29 is 9.15 Å². The summed E-state index contributed by atoms with van der Waals surface area (Å²) < 4.78 is 11.0. The first-order chi connectivity index (χ1) is 10.1. The molecule has 0 radical (unpaired) electrons. The molecule has 0 saturated carbocycles. The van der Waals surface area contributed by atoms with Crippen molar-refractivity contribution in [2.75, 3.05) is 13.7 Å². The summed E-state index contributed by atoms with van der Waals surface area (Å²) in [6.07, 6.45) is 1.05. The van der Waals surface area contributed by atoms with E-state index in [9.17, 15) is 0 Å². The van der Waals surface area contributed by atoms with Crippen LogP contribution in [-0.2, 0) is 0 Å². The van der Waals surface area contributed by atoms with Crippen LogP contribution < -0.4 is 10.1 Å². The third kappa shape index (κ3) is 3.60. The van der Waals surface area contributed by atoms with Crippen LogP contribution in [0.3, 0.4) is 0 Å². The normalized spacial score (nSPS) is 12.4. The fourth-order valence-electron chi connectivity index (χ4n) is 2.48. The molecule has 114 valence electrons. The molecular formula is C17H22ClNO2. The van der Waals surface area contributed by atoms with Gasteiger partial charge in [-0.05, 0) is 73.3 Å². The Labute approximate surface area is 131 Å².